The van der Waals surface area contributed by atoms with Crippen molar-refractivity contribution >= 4 is 11.6 Å². The summed E-state index contributed by atoms with van der Waals surface area (Å²) >= 11 is 5.72. The van der Waals surface area contributed by atoms with Crippen LogP contribution < -0.4 is 0 Å². The third-order valence-corrected chi connectivity index (χ3v) is 3.39. The third-order valence-electron chi connectivity index (χ3n) is 3.17. The second-order valence-electron chi connectivity index (χ2n) is 4.22. The minimum absolute atomic E-state index is 0.0219. The fourth-order valence-electron chi connectivity index (χ4n) is 2.28. The van der Waals surface area contributed by atoms with E-state index in [9.17, 15) is 5.11 Å². The Balaban J connectivity index is 2.23. The minimum Gasteiger partial charge on any atom is -0.393 e. The molecule has 2 rings (SSSR count). The number of aliphatic hydroxyl groups excluding tert-OH is 1. The number of aliphatic hydroxyl groups is 1. The quantitative estimate of drug-likeness (QED) is 0.763. The molecule has 0 bridgehead atoms. The van der Waals surface area contributed by atoms with E-state index in [-0.39, 0.29) is 17.9 Å². The third kappa shape index (κ3) is 2.34. The van der Waals surface area contributed by atoms with E-state index in [1.807, 2.05) is 6.07 Å². The van der Waals surface area contributed by atoms with Gasteiger partial charge in [0.2, 0.25) is 0 Å². The van der Waals surface area contributed by atoms with Gasteiger partial charge < -0.3 is 5.11 Å². The molecule has 1 aliphatic rings. The van der Waals surface area contributed by atoms with Crippen LogP contribution in [0, 0.1) is 17.2 Å². The van der Waals surface area contributed by atoms with Crippen molar-refractivity contribution in [2.24, 2.45) is 5.92 Å². The number of hydrogen-bond acceptors (Lipinski definition) is 3. The van der Waals surface area contributed by atoms with Gasteiger partial charge in [-0.15, -0.1) is 0 Å². The number of pyridine rings is 1. The Morgan fingerprint density at radius 2 is 2.25 bits per heavy atom. The van der Waals surface area contributed by atoms with Gasteiger partial charge in [-0.2, -0.15) is 5.26 Å². The van der Waals surface area contributed by atoms with E-state index in [0.29, 0.717) is 11.6 Å². The Bertz CT molecular complexity index is 398. The molecule has 0 aliphatic heterocycles. The molecule has 3 atom stereocenters. The second kappa shape index (κ2) is 4.82. The van der Waals surface area contributed by atoms with E-state index in [2.05, 4.69) is 11.1 Å². The van der Waals surface area contributed by atoms with Gasteiger partial charge >= 0.3 is 0 Å². The van der Waals surface area contributed by atoms with Crippen LogP contribution in [0.15, 0.2) is 18.3 Å². The number of aromatic nitrogens is 1. The summed E-state index contributed by atoms with van der Waals surface area (Å²) in [7, 11) is 0. The van der Waals surface area contributed by atoms with Crippen molar-refractivity contribution in [2.45, 2.75) is 31.3 Å². The first-order chi connectivity index (χ1) is 7.70. The fourth-order valence-corrected chi connectivity index (χ4v) is 2.39. The predicted octanol–water partition coefficient (Wildman–Crippen LogP) is 2.50. The molecule has 0 radical (unpaired) electrons. The number of halogens is 1. The molecule has 1 N–H and O–H groups in total. The highest BCUT2D eigenvalue weighted by atomic mass is 35.5. The Hall–Kier alpha value is -1.11. The Kier molecular flexibility index (Phi) is 3.42. The van der Waals surface area contributed by atoms with E-state index >= 15 is 0 Å². The molecular weight excluding hydrogens is 224 g/mol. The number of nitrogens with zero attached hydrogens (tertiary/aromatic N) is 2. The lowest BCUT2D eigenvalue weighted by Crippen LogP contribution is -2.25. The Labute approximate surface area is 99.7 Å². The highest BCUT2D eigenvalue weighted by molar-refractivity contribution is 6.29. The van der Waals surface area contributed by atoms with Crippen molar-refractivity contribution in [3.8, 4) is 6.07 Å². The van der Waals surface area contributed by atoms with Gasteiger partial charge in [0.15, 0.2) is 0 Å². The average molecular weight is 237 g/mol. The zero-order chi connectivity index (χ0) is 11.5. The highest BCUT2D eigenvalue weighted by Crippen LogP contribution is 2.37. The molecule has 0 spiro atoms. The maximum atomic E-state index is 9.65. The lowest BCUT2D eigenvalue weighted by atomic mass is 9.75. The van der Waals surface area contributed by atoms with E-state index < -0.39 is 0 Å². The zero-order valence-corrected chi connectivity index (χ0v) is 9.56. The summed E-state index contributed by atoms with van der Waals surface area (Å²) in [6.07, 6.45) is 3.52. The first-order valence-electron chi connectivity index (χ1n) is 5.40. The second-order valence-corrected chi connectivity index (χ2v) is 4.61. The molecule has 84 valence electrons. The van der Waals surface area contributed by atoms with Crippen LogP contribution in [0.2, 0.25) is 5.15 Å². The first kappa shape index (κ1) is 11.4. The van der Waals surface area contributed by atoms with Gasteiger partial charge in [-0.05, 0) is 30.9 Å². The first-order valence-corrected chi connectivity index (χ1v) is 5.77. The molecule has 1 heterocycles. The topological polar surface area (TPSA) is 56.9 Å². The van der Waals surface area contributed by atoms with Crippen LogP contribution in [0.5, 0.6) is 0 Å². The van der Waals surface area contributed by atoms with Crippen molar-refractivity contribution < 1.29 is 5.11 Å². The molecule has 0 aromatic carbocycles. The Morgan fingerprint density at radius 1 is 1.44 bits per heavy atom. The van der Waals surface area contributed by atoms with E-state index in [1.54, 1.807) is 12.3 Å². The lowest BCUT2D eigenvalue weighted by molar-refractivity contribution is 0.106. The van der Waals surface area contributed by atoms with E-state index in [4.69, 9.17) is 16.9 Å². The molecule has 3 unspecified atom stereocenters. The summed E-state index contributed by atoms with van der Waals surface area (Å²) in [6.45, 7) is 0. The highest BCUT2D eigenvalue weighted by Gasteiger charge is 2.30. The van der Waals surface area contributed by atoms with E-state index in [0.717, 1.165) is 18.4 Å². The lowest BCUT2D eigenvalue weighted by Gasteiger charge is -2.30. The molecule has 0 saturated heterocycles. The molecule has 1 fully saturated rings. The van der Waals surface area contributed by atoms with Gasteiger partial charge in [-0.3, -0.25) is 0 Å². The summed E-state index contributed by atoms with van der Waals surface area (Å²) in [5, 5.41) is 19.2. The van der Waals surface area contributed by atoms with E-state index in [1.165, 1.54) is 0 Å². The summed E-state index contributed by atoms with van der Waals surface area (Å²) in [5.41, 5.74) is 0.995. The fraction of sp³-hybridized carbons (Fsp3) is 0.500. The van der Waals surface area contributed by atoms with Crippen molar-refractivity contribution in [2.75, 3.05) is 0 Å². The molecule has 1 aromatic rings. The zero-order valence-electron chi connectivity index (χ0n) is 8.81. The van der Waals surface area contributed by atoms with Gasteiger partial charge in [-0.25, -0.2) is 4.98 Å². The van der Waals surface area contributed by atoms with Gasteiger partial charge in [0.1, 0.15) is 5.15 Å². The van der Waals surface area contributed by atoms with Gasteiger partial charge in [0.05, 0.1) is 18.1 Å². The number of rotatable bonds is 1. The summed E-state index contributed by atoms with van der Waals surface area (Å²) in [4.78, 5) is 4.02. The standard InChI is InChI=1S/C12H13ClN2O/c13-12-4-2-9(7-15-12)11-5-10(16)3-1-8(11)6-14/h2,4,7-8,10-11,16H,1,3,5H2. The molecule has 1 aromatic heterocycles. The van der Waals surface area contributed by atoms with Gasteiger partial charge in [0, 0.05) is 12.1 Å². The summed E-state index contributed by atoms with van der Waals surface area (Å²) < 4.78 is 0. The monoisotopic (exact) mass is 236 g/mol. The average Bonchev–Trinajstić information content (AvgIpc) is 2.30. The van der Waals surface area contributed by atoms with Crippen LogP contribution in [0.1, 0.15) is 30.7 Å². The normalized spacial score (nSPS) is 29.7. The summed E-state index contributed by atoms with van der Waals surface area (Å²) in [6, 6.07) is 5.94. The van der Waals surface area contributed by atoms with Crippen LogP contribution in [0.4, 0.5) is 0 Å². The summed E-state index contributed by atoms with van der Waals surface area (Å²) in [5.74, 6) is 0.0601. The molecule has 1 aliphatic carbocycles. The van der Waals surface area contributed by atoms with Crippen molar-refractivity contribution in [1.29, 1.82) is 5.26 Å². The van der Waals surface area contributed by atoms with Crippen LogP contribution in [0.25, 0.3) is 0 Å². The van der Waals surface area contributed by atoms with Crippen LogP contribution in [-0.2, 0) is 0 Å². The maximum Gasteiger partial charge on any atom is 0.129 e. The predicted molar refractivity (Wildman–Crippen MR) is 60.9 cm³/mol. The Morgan fingerprint density at radius 3 is 2.88 bits per heavy atom. The SMILES string of the molecule is N#CC1CCC(O)CC1c1ccc(Cl)nc1. The van der Waals surface area contributed by atoms with Crippen molar-refractivity contribution in [1.82, 2.24) is 4.98 Å². The number of nitriles is 1. The maximum absolute atomic E-state index is 9.65. The largest absolute Gasteiger partial charge is 0.393 e. The molecule has 1 saturated carbocycles. The smallest absolute Gasteiger partial charge is 0.129 e. The van der Waals surface area contributed by atoms with Crippen molar-refractivity contribution in [3.63, 3.8) is 0 Å². The molecule has 4 heteroatoms. The van der Waals surface area contributed by atoms with Crippen LogP contribution in [0.3, 0.4) is 0 Å². The number of hydrogen-bond donors (Lipinski definition) is 1. The van der Waals surface area contributed by atoms with Gasteiger partial charge in [-0.1, -0.05) is 17.7 Å². The van der Waals surface area contributed by atoms with Gasteiger partial charge in [0.25, 0.3) is 0 Å². The minimum atomic E-state index is -0.301. The molecule has 16 heavy (non-hydrogen) atoms. The molecule has 3 nitrogen and oxygen atoms in total. The van der Waals surface area contributed by atoms with Crippen LogP contribution >= 0.6 is 11.6 Å². The molecular formula is C12H13ClN2O. The van der Waals surface area contributed by atoms with Crippen molar-refractivity contribution in [3.05, 3.63) is 29.0 Å². The molecule has 0 amide bonds. The van der Waals surface area contributed by atoms with Crippen LogP contribution in [-0.4, -0.2) is 16.2 Å².